The lowest BCUT2D eigenvalue weighted by atomic mass is 9.63. The number of nitrogens with one attached hydrogen (secondary N) is 1. The van der Waals surface area contributed by atoms with Crippen LogP contribution in [0.1, 0.15) is 56.1 Å². The van der Waals surface area contributed by atoms with Crippen LogP contribution < -0.4 is 5.32 Å². The number of benzene rings is 2. The Bertz CT molecular complexity index is 1170. The topological polar surface area (TPSA) is 95.9 Å². The van der Waals surface area contributed by atoms with Gasteiger partial charge >= 0.3 is 12.1 Å². The minimum atomic E-state index is -1.07. The highest BCUT2D eigenvalue weighted by atomic mass is 16.5. The number of carbonyl (C=O) groups excluding carboxylic acids is 2. The zero-order chi connectivity index (χ0) is 24.4. The molecule has 3 aliphatic carbocycles. The Balaban J connectivity index is 1.12. The fourth-order valence-electron chi connectivity index (χ4n) is 7.17. The number of carbonyl (C=O) groups is 3. The third kappa shape index (κ3) is 3.35. The molecule has 2 N–H and O–H groups in total. The standard InChI is InChI=1S/C28H30N2O5/c1-27-14-28(15-27,25(32)33)30(16-27)24(31)21-11-6-12-23(21)29-26(34)35-13-22-19-9-4-2-7-17(19)18-8-3-5-10-20(18)22/h2-5,7-10,21-23H,6,11-16H2,1H3,(H,29,34)(H,32,33)/t21-,23+,27?,28?/m1/s1. The molecule has 2 saturated heterocycles. The van der Waals surface area contributed by atoms with Gasteiger partial charge in [0, 0.05) is 18.5 Å². The Morgan fingerprint density at radius 3 is 2.29 bits per heavy atom. The van der Waals surface area contributed by atoms with Crippen LogP contribution >= 0.6 is 0 Å². The molecule has 0 spiro atoms. The lowest BCUT2D eigenvalue weighted by molar-refractivity contribution is -0.161. The molecule has 2 aliphatic heterocycles. The number of hydrogen-bond donors (Lipinski definition) is 2. The summed E-state index contributed by atoms with van der Waals surface area (Å²) in [6, 6.07) is 16.0. The maximum absolute atomic E-state index is 13.4. The number of ether oxygens (including phenoxy) is 1. The van der Waals surface area contributed by atoms with E-state index in [4.69, 9.17) is 4.74 Å². The summed E-state index contributed by atoms with van der Waals surface area (Å²) in [6.07, 6.45) is 2.65. The quantitative estimate of drug-likeness (QED) is 0.679. The van der Waals surface area contributed by atoms with Gasteiger partial charge in [0.2, 0.25) is 5.91 Å². The second-order valence-corrected chi connectivity index (χ2v) is 11.0. The Morgan fingerprint density at radius 2 is 1.66 bits per heavy atom. The molecule has 2 atom stereocenters. The predicted octanol–water partition coefficient (Wildman–Crippen LogP) is 4.16. The minimum Gasteiger partial charge on any atom is -0.479 e. The van der Waals surface area contributed by atoms with Crippen LogP contribution in [0.4, 0.5) is 4.79 Å². The average molecular weight is 475 g/mol. The molecule has 7 heteroatoms. The van der Waals surface area contributed by atoms with Crippen molar-refractivity contribution in [2.45, 2.75) is 56.5 Å². The number of carboxylic acid groups (broad SMARTS) is 1. The SMILES string of the molecule is CC12CN(C(=O)[C@@H]3CCC[C@@H]3NC(=O)OCC3c4ccccc4-c4ccccc43)C(C(=O)O)(C1)C2. The van der Waals surface area contributed by atoms with E-state index in [1.807, 2.05) is 31.2 Å². The van der Waals surface area contributed by atoms with Crippen LogP contribution in [0.2, 0.25) is 0 Å². The lowest BCUT2D eigenvalue weighted by Gasteiger charge is -2.43. The van der Waals surface area contributed by atoms with Gasteiger partial charge in [-0.1, -0.05) is 61.9 Å². The van der Waals surface area contributed by atoms with Gasteiger partial charge in [-0.2, -0.15) is 0 Å². The van der Waals surface area contributed by atoms with Crippen molar-refractivity contribution in [3.05, 3.63) is 59.7 Å². The molecule has 2 saturated carbocycles. The fraction of sp³-hybridized carbons (Fsp3) is 0.464. The van der Waals surface area contributed by atoms with Gasteiger partial charge in [-0.3, -0.25) is 4.79 Å². The molecule has 2 bridgehead atoms. The molecular formula is C28H30N2O5. The van der Waals surface area contributed by atoms with Crippen molar-refractivity contribution in [1.82, 2.24) is 10.2 Å². The highest BCUT2D eigenvalue weighted by Crippen LogP contribution is 2.59. The van der Waals surface area contributed by atoms with E-state index in [0.29, 0.717) is 32.2 Å². The third-order valence-corrected chi connectivity index (χ3v) is 8.64. The number of rotatable bonds is 5. The molecule has 2 heterocycles. The zero-order valence-corrected chi connectivity index (χ0v) is 19.8. The van der Waals surface area contributed by atoms with E-state index >= 15 is 0 Å². The molecule has 35 heavy (non-hydrogen) atoms. The molecular weight excluding hydrogens is 444 g/mol. The van der Waals surface area contributed by atoms with Gasteiger partial charge in [0.15, 0.2) is 0 Å². The number of hydrogen-bond acceptors (Lipinski definition) is 4. The van der Waals surface area contributed by atoms with Crippen LogP contribution in [0.3, 0.4) is 0 Å². The highest BCUT2D eigenvalue weighted by molar-refractivity contribution is 5.91. The molecule has 0 radical (unpaired) electrons. The number of nitrogens with zero attached hydrogens (tertiary/aromatic N) is 1. The third-order valence-electron chi connectivity index (χ3n) is 8.64. The maximum Gasteiger partial charge on any atom is 0.407 e. The number of fused-ring (bicyclic) bond motifs is 4. The summed E-state index contributed by atoms with van der Waals surface area (Å²) < 4.78 is 5.69. The Hall–Kier alpha value is -3.35. The first-order valence-electron chi connectivity index (χ1n) is 12.5. The highest BCUT2D eigenvalue weighted by Gasteiger charge is 2.69. The molecule has 4 fully saturated rings. The molecule has 2 aromatic carbocycles. The van der Waals surface area contributed by atoms with Crippen molar-refractivity contribution in [1.29, 1.82) is 0 Å². The average Bonchev–Trinajstić information content (AvgIpc) is 3.56. The molecule has 2 amide bonds. The summed E-state index contributed by atoms with van der Waals surface area (Å²) >= 11 is 0. The van der Waals surface area contributed by atoms with Crippen molar-refractivity contribution >= 4 is 18.0 Å². The largest absolute Gasteiger partial charge is 0.479 e. The normalized spacial score (nSPS) is 30.4. The molecule has 2 aromatic rings. The van der Waals surface area contributed by atoms with E-state index in [2.05, 4.69) is 29.6 Å². The van der Waals surface area contributed by atoms with Crippen molar-refractivity contribution in [2.75, 3.05) is 13.2 Å². The molecule has 0 unspecified atom stereocenters. The molecule has 0 aromatic heterocycles. The van der Waals surface area contributed by atoms with Crippen LogP contribution in [-0.2, 0) is 14.3 Å². The van der Waals surface area contributed by atoms with E-state index in [-0.39, 0.29) is 29.9 Å². The predicted molar refractivity (Wildman–Crippen MR) is 129 cm³/mol. The first kappa shape index (κ1) is 22.1. The molecule has 5 aliphatic rings. The van der Waals surface area contributed by atoms with Crippen LogP contribution in [0.25, 0.3) is 11.1 Å². The smallest absolute Gasteiger partial charge is 0.407 e. The number of alkyl carbamates (subject to hydrolysis) is 1. The molecule has 7 rings (SSSR count). The van der Waals surface area contributed by atoms with Gasteiger partial charge in [-0.05, 0) is 53.4 Å². The minimum absolute atomic E-state index is 0.0262. The second kappa shape index (κ2) is 7.83. The van der Waals surface area contributed by atoms with Gasteiger partial charge in [-0.15, -0.1) is 0 Å². The number of amides is 2. The molecule has 7 nitrogen and oxygen atoms in total. The van der Waals surface area contributed by atoms with Crippen molar-refractivity contribution < 1.29 is 24.2 Å². The van der Waals surface area contributed by atoms with Gasteiger partial charge in [0.1, 0.15) is 12.1 Å². The van der Waals surface area contributed by atoms with Crippen LogP contribution in [0, 0.1) is 11.3 Å². The van der Waals surface area contributed by atoms with Crippen molar-refractivity contribution in [3.8, 4) is 11.1 Å². The van der Waals surface area contributed by atoms with Crippen molar-refractivity contribution in [3.63, 3.8) is 0 Å². The van der Waals surface area contributed by atoms with Gasteiger partial charge in [-0.25, -0.2) is 9.59 Å². The van der Waals surface area contributed by atoms with E-state index < -0.39 is 23.5 Å². The summed E-state index contributed by atoms with van der Waals surface area (Å²) in [7, 11) is 0. The zero-order valence-electron chi connectivity index (χ0n) is 19.8. The van der Waals surface area contributed by atoms with Gasteiger partial charge in [0.05, 0.1) is 5.92 Å². The van der Waals surface area contributed by atoms with E-state index in [1.54, 1.807) is 4.90 Å². The summed E-state index contributed by atoms with van der Waals surface area (Å²) in [4.78, 5) is 39.8. The van der Waals surface area contributed by atoms with Crippen LogP contribution in [0.5, 0.6) is 0 Å². The summed E-state index contributed by atoms with van der Waals surface area (Å²) in [5.74, 6) is -1.49. The first-order chi connectivity index (χ1) is 16.8. The van der Waals surface area contributed by atoms with E-state index in [0.717, 1.165) is 17.5 Å². The Labute approximate surface area is 204 Å². The first-order valence-corrected chi connectivity index (χ1v) is 12.5. The monoisotopic (exact) mass is 474 g/mol. The summed E-state index contributed by atoms with van der Waals surface area (Å²) in [5, 5.41) is 12.8. The molecule has 182 valence electrons. The van der Waals surface area contributed by atoms with Crippen LogP contribution in [0.15, 0.2) is 48.5 Å². The van der Waals surface area contributed by atoms with Gasteiger partial charge in [0.25, 0.3) is 0 Å². The van der Waals surface area contributed by atoms with E-state index in [1.165, 1.54) is 11.1 Å². The second-order valence-electron chi connectivity index (χ2n) is 11.0. The van der Waals surface area contributed by atoms with Gasteiger partial charge < -0.3 is 20.1 Å². The Kier molecular flexibility index (Phi) is 4.95. The number of carboxylic acids is 1. The number of aliphatic carboxylic acids is 1. The summed E-state index contributed by atoms with van der Waals surface area (Å²) in [5.41, 5.74) is 3.46. The Morgan fingerprint density at radius 1 is 1.03 bits per heavy atom. The fourth-order valence-corrected chi connectivity index (χ4v) is 7.17. The van der Waals surface area contributed by atoms with Crippen molar-refractivity contribution in [2.24, 2.45) is 11.3 Å². The lowest BCUT2D eigenvalue weighted by Crippen LogP contribution is -2.58. The summed E-state index contributed by atoms with van der Waals surface area (Å²) in [6.45, 7) is 2.74. The van der Waals surface area contributed by atoms with E-state index in [9.17, 15) is 19.5 Å². The maximum atomic E-state index is 13.4. The van der Waals surface area contributed by atoms with Crippen LogP contribution in [-0.4, -0.2) is 52.7 Å².